The second-order valence-corrected chi connectivity index (χ2v) is 5.12. The van der Waals surface area contributed by atoms with Crippen LogP contribution in [0.4, 0.5) is 5.82 Å². The number of aromatic amines is 1. The van der Waals surface area contributed by atoms with E-state index in [9.17, 15) is 0 Å². The number of hydrogen-bond donors (Lipinski definition) is 2. The minimum absolute atomic E-state index is 0.512. The van der Waals surface area contributed by atoms with Crippen molar-refractivity contribution in [3.05, 3.63) is 47.0 Å². The number of aryl methyl sites for hydroxylation is 1. The van der Waals surface area contributed by atoms with Gasteiger partial charge in [-0.15, -0.1) is 0 Å². The van der Waals surface area contributed by atoms with Crippen molar-refractivity contribution in [2.24, 2.45) is 0 Å². The minimum atomic E-state index is 0.512. The van der Waals surface area contributed by atoms with Crippen LogP contribution in [0.5, 0.6) is 5.75 Å². The summed E-state index contributed by atoms with van der Waals surface area (Å²) in [4.78, 5) is 11.7. The van der Waals surface area contributed by atoms with Crippen molar-refractivity contribution in [1.82, 2.24) is 15.0 Å². The lowest BCUT2D eigenvalue weighted by Gasteiger charge is -2.06. The number of anilines is 1. The molecule has 0 spiro atoms. The molecule has 0 saturated heterocycles. The van der Waals surface area contributed by atoms with Crippen molar-refractivity contribution in [3.8, 4) is 5.75 Å². The molecule has 0 aliphatic heterocycles. The highest BCUT2D eigenvalue weighted by atomic mass is 35.5. The summed E-state index contributed by atoms with van der Waals surface area (Å²) in [6.07, 6.45) is 1.60. The maximum Gasteiger partial charge on any atom is 0.148 e. The molecule has 2 aromatic heterocycles. The first-order valence-electron chi connectivity index (χ1n) is 6.54. The molecule has 3 aromatic rings. The van der Waals surface area contributed by atoms with E-state index in [0.29, 0.717) is 23.2 Å². The first kappa shape index (κ1) is 13.7. The van der Waals surface area contributed by atoms with Crippen molar-refractivity contribution in [2.45, 2.75) is 13.5 Å². The molecule has 6 heteroatoms. The van der Waals surface area contributed by atoms with Crippen molar-refractivity contribution in [3.63, 3.8) is 0 Å². The van der Waals surface area contributed by atoms with Gasteiger partial charge in [0.25, 0.3) is 0 Å². The van der Waals surface area contributed by atoms with Gasteiger partial charge in [-0.3, -0.25) is 0 Å². The van der Waals surface area contributed by atoms with Crippen LogP contribution in [0.25, 0.3) is 10.9 Å². The van der Waals surface area contributed by atoms with E-state index in [1.54, 1.807) is 13.3 Å². The molecule has 5 nitrogen and oxygen atoms in total. The number of methoxy groups -OCH3 is 1. The fraction of sp³-hybridized carbons (Fsp3) is 0.200. The van der Waals surface area contributed by atoms with E-state index >= 15 is 0 Å². The van der Waals surface area contributed by atoms with Crippen LogP contribution in [0.15, 0.2) is 30.5 Å². The van der Waals surface area contributed by atoms with E-state index in [2.05, 4.69) is 26.3 Å². The van der Waals surface area contributed by atoms with Crippen LogP contribution in [0, 0.1) is 6.92 Å². The summed E-state index contributed by atoms with van der Waals surface area (Å²) >= 11 is 6.07. The summed E-state index contributed by atoms with van der Waals surface area (Å²) in [6, 6.07) is 8.00. The topological polar surface area (TPSA) is 62.8 Å². The van der Waals surface area contributed by atoms with Gasteiger partial charge in [0.15, 0.2) is 0 Å². The number of nitrogens with one attached hydrogen (secondary N) is 2. The summed E-state index contributed by atoms with van der Waals surface area (Å²) in [6.45, 7) is 2.43. The van der Waals surface area contributed by atoms with Gasteiger partial charge in [0.1, 0.15) is 22.4 Å². The number of rotatable bonds is 4. The highest BCUT2D eigenvalue weighted by molar-refractivity contribution is 6.32. The van der Waals surface area contributed by atoms with Gasteiger partial charge in [-0.05, 0) is 31.2 Å². The first-order chi connectivity index (χ1) is 10.2. The van der Waals surface area contributed by atoms with E-state index < -0.39 is 0 Å². The third-order valence-electron chi connectivity index (χ3n) is 3.19. The quantitative estimate of drug-likeness (QED) is 0.774. The molecule has 0 saturated carbocycles. The lowest BCUT2D eigenvalue weighted by molar-refractivity contribution is 0.415. The average Bonchev–Trinajstić information content (AvgIpc) is 2.89. The highest BCUT2D eigenvalue weighted by Gasteiger charge is 2.05. The monoisotopic (exact) mass is 302 g/mol. The molecular formula is C15H15ClN4O. The number of ether oxygens (including phenoxy) is 1. The molecule has 0 bridgehead atoms. The number of H-pyrrole nitrogens is 1. The predicted molar refractivity (Wildman–Crippen MR) is 84.0 cm³/mol. The molecule has 0 aliphatic rings. The Labute approximate surface area is 127 Å². The Hall–Kier alpha value is -2.27. The molecule has 2 heterocycles. The molecule has 21 heavy (non-hydrogen) atoms. The molecule has 0 radical (unpaired) electrons. The molecule has 1 aromatic carbocycles. The average molecular weight is 303 g/mol. The van der Waals surface area contributed by atoms with Crippen molar-refractivity contribution >= 4 is 28.3 Å². The molecule has 3 rings (SSSR count). The van der Waals surface area contributed by atoms with Crippen LogP contribution in [0.2, 0.25) is 5.02 Å². The number of hydrogen-bond acceptors (Lipinski definition) is 4. The predicted octanol–water partition coefficient (Wildman–Crippen LogP) is 3.54. The number of nitrogens with zero attached hydrogens (tertiary/aromatic N) is 2. The molecule has 0 atom stereocenters. The highest BCUT2D eigenvalue weighted by Crippen LogP contribution is 2.23. The Morgan fingerprint density at radius 3 is 3.00 bits per heavy atom. The summed E-state index contributed by atoms with van der Waals surface area (Å²) in [7, 11) is 1.66. The first-order valence-corrected chi connectivity index (χ1v) is 6.92. The van der Waals surface area contributed by atoms with Crippen molar-refractivity contribution < 1.29 is 4.74 Å². The Bertz CT molecular complexity index is 784. The van der Waals surface area contributed by atoms with E-state index in [1.165, 1.54) is 0 Å². The Morgan fingerprint density at radius 2 is 2.19 bits per heavy atom. The van der Waals surface area contributed by atoms with Crippen molar-refractivity contribution in [1.29, 1.82) is 0 Å². The molecule has 0 amide bonds. The van der Waals surface area contributed by atoms with Crippen LogP contribution < -0.4 is 10.1 Å². The van der Waals surface area contributed by atoms with Gasteiger partial charge in [0.2, 0.25) is 0 Å². The minimum Gasteiger partial charge on any atom is -0.497 e. The van der Waals surface area contributed by atoms with Gasteiger partial charge in [0.05, 0.1) is 19.9 Å². The standard InChI is InChI=1S/C15H15ClN4O/c1-9-17-8-13(16)15(19-9)18-7-11-5-10-6-12(21-2)3-4-14(10)20-11/h3-6,8,20H,7H2,1-2H3,(H,17,18,19). The number of halogens is 1. The molecular weight excluding hydrogens is 288 g/mol. The van der Waals surface area contributed by atoms with E-state index in [4.69, 9.17) is 16.3 Å². The van der Waals surface area contributed by atoms with Gasteiger partial charge in [-0.2, -0.15) is 0 Å². The maximum atomic E-state index is 6.07. The van der Waals surface area contributed by atoms with Crippen molar-refractivity contribution in [2.75, 3.05) is 12.4 Å². The van der Waals surface area contributed by atoms with Crippen LogP contribution in [0.3, 0.4) is 0 Å². The number of aromatic nitrogens is 3. The summed E-state index contributed by atoms with van der Waals surface area (Å²) in [5, 5.41) is 4.83. The SMILES string of the molecule is COc1ccc2[nH]c(CNc3nc(C)ncc3Cl)cc2c1. The van der Waals surface area contributed by atoms with Crippen LogP contribution in [-0.4, -0.2) is 22.1 Å². The fourth-order valence-corrected chi connectivity index (χ4v) is 2.31. The lowest BCUT2D eigenvalue weighted by Crippen LogP contribution is -2.03. The zero-order valence-electron chi connectivity index (χ0n) is 11.8. The molecule has 108 valence electrons. The largest absolute Gasteiger partial charge is 0.497 e. The molecule has 0 fully saturated rings. The Kier molecular flexibility index (Phi) is 3.66. The van der Waals surface area contributed by atoms with Gasteiger partial charge < -0.3 is 15.0 Å². The smallest absolute Gasteiger partial charge is 0.148 e. The summed E-state index contributed by atoms with van der Waals surface area (Å²) in [5.74, 6) is 2.17. The number of fused-ring (bicyclic) bond motifs is 1. The summed E-state index contributed by atoms with van der Waals surface area (Å²) < 4.78 is 5.23. The fourth-order valence-electron chi connectivity index (χ4n) is 2.15. The van der Waals surface area contributed by atoms with Gasteiger partial charge >= 0.3 is 0 Å². The van der Waals surface area contributed by atoms with E-state index in [1.807, 2.05) is 25.1 Å². The zero-order chi connectivity index (χ0) is 14.8. The lowest BCUT2D eigenvalue weighted by atomic mass is 10.2. The van der Waals surface area contributed by atoms with E-state index in [0.717, 1.165) is 22.3 Å². The molecule has 0 aliphatic carbocycles. The second kappa shape index (κ2) is 5.61. The third-order valence-corrected chi connectivity index (χ3v) is 3.47. The second-order valence-electron chi connectivity index (χ2n) is 4.72. The third kappa shape index (κ3) is 2.92. The number of benzene rings is 1. The Morgan fingerprint density at radius 1 is 1.33 bits per heavy atom. The molecule has 0 unspecified atom stereocenters. The van der Waals surface area contributed by atoms with Gasteiger partial charge in [-0.25, -0.2) is 9.97 Å². The van der Waals surface area contributed by atoms with Gasteiger partial charge in [0, 0.05) is 16.6 Å². The van der Waals surface area contributed by atoms with Crippen LogP contribution >= 0.6 is 11.6 Å². The zero-order valence-corrected chi connectivity index (χ0v) is 12.5. The maximum absolute atomic E-state index is 6.07. The summed E-state index contributed by atoms with van der Waals surface area (Å²) in [5.41, 5.74) is 2.11. The van der Waals surface area contributed by atoms with Crippen LogP contribution in [-0.2, 0) is 6.54 Å². The normalized spacial score (nSPS) is 10.8. The van der Waals surface area contributed by atoms with Crippen LogP contribution in [0.1, 0.15) is 11.5 Å². The van der Waals surface area contributed by atoms with E-state index in [-0.39, 0.29) is 0 Å². The Balaban J connectivity index is 1.80. The molecule has 2 N–H and O–H groups in total. The van der Waals surface area contributed by atoms with Gasteiger partial charge in [-0.1, -0.05) is 11.6 Å².